The molecule has 0 aromatic carbocycles. The smallest absolute Gasteiger partial charge is 0.360 e. The van der Waals surface area contributed by atoms with E-state index < -0.39 is 27.0 Å². The van der Waals surface area contributed by atoms with Crippen LogP contribution < -0.4 is 5.32 Å². The number of aryl methyl sites for hydroxylation is 1. The van der Waals surface area contributed by atoms with Gasteiger partial charge in [0.25, 0.3) is 5.91 Å². The minimum Gasteiger partial charge on any atom is -0.461 e. The van der Waals surface area contributed by atoms with Gasteiger partial charge in [0.15, 0.2) is 15.5 Å². The van der Waals surface area contributed by atoms with Crippen LogP contribution >= 0.6 is 34.3 Å². The van der Waals surface area contributed by atoms with Crippen LogP contribution in [0.4, 0.5) is 5.00 Å². The summed E-state index contributed by atoms with van der Waals surface area (Å²) in [6.07, 6.45) is 0.587. The summed E-state index contributed by atoms with van der Waals surface area (Å²) in [6, 6.07) is 0. The van der Waals surface area contributed by atoms with E-state index in [0.29, 0.717) is 11.4 Å². The number of rotatable bonds is 7. The number of thiophene rings is 1. The molecule has 148 valence electrons. The molecule has 0 aliphatic carbocycles. The first-order valence-corrected chi connectivity index (χ1v) is 11.7. The Morgan fingerprint density at radius 1 is 1.33 bits per heavy atom. The van der Waals surface area contributed by atoms with E-state index in [-0.39, 0.29) is 32.1 Å². The van der Waals surface area contributed by atoms with E-state index in [1.54, 1.807) is 6.92 Å². The van der Waals surface area contributed by atoms with E-state index >= 15 is 0 Å². The van der Waals surface area contributed by atoms with Crippen LogP contribution in [0.2, 0.25) is 5.02 Å². The summed E-state index contributed by atoms with van der Waals surface area (Å²) in [7, 11) is -3.61. The lowest BCUT2D eigenvalue weighted by Gasteiger charge is -2.07. The fraction of sp³-hybridized carbons (Fsp3) is 0.438. The zero-order valence-corrected chi connectivity index (χ0v) is 18.4. The largest absolute Gasteiger partial charge is 0.461 e. The summed E-state index contributed by atoms with van der Waals surface area (Å²) >= 11 is 8.25. The maximum atomic E-state index is 12.6. The number of sulfone groups is 1. The molecule has 0 aliphatic heterocycles. The van der Waals surface area contributed by atoms with Crippen LogP contribution in [0.1, 0.15) is 52.9 Å². The van der Waals surface area contributed by atoms with Crippen LogP contribution in [0.25, 0.3) is 0 Å². The number of halogens is 1. The van der Waals surface area contributed by atoms with Gasteiger partial charge in [0.1, 0.15) is 9.88 Å². The molecule has 27 heavy (non-hydrogen) atoms. The molecule has 0 fully saturated rings. The summed E-state index contributed by atoms with van der Waals surface area (Å²) in [6.45, 7) is 6.80. The van der Waals surface area contributed by atoms with Crippen LogP contribution in [-0.2, 0) is 21.0 Å². The normalized spacial score (nSPS) is 11.6. The number of ether oxygens (including phenoxy) is 1. The van der Waals surface area contributed by atoms with Crippen molar-refractivity contribution in [3.8, 4) is 0 Å². The van der Waals surface area contributed by atoms with Crippen molar-refractivity contribution in [2.24, 2.45) is 0 Å². The molecule has 0 radical (unpaired) electrons. The van der Waals surface area contributed by atoms with Gasteiger partial charge in [0.05, 0.1) is 26.8 Å². The van der Waals surface area contributed by atoms with Gasteiger partial charge < -0.3 is 10.1 Å². The summed E-state index contributed by atoms with van der Waals surface area (Å²) in [5.41, 5.74) is 0.0229. The summed E-state index contributed by atoms with van der Waals surface area (Å²) in [5.74, 6) is -1.24. The lowest BCUT2D eigenvalue weighted by molar-refractivity contribution is 0.0521. The summed E-state index contributed by atoms with van der Waals surface area (Å²) in [5, 5.41) is 4.07. The molecule has 2 heterocycles. The number of carbonyl (C=O) groups excluding carboxylic acids is 2. The first-order valence-electron chi connectivity index (χ1n) is 8.12. The van der Waals surface area contributed by atoms with Crippen molar-refractivity contribution in [3.63, 3.8) is 0 Å². The standard InChI is InChI=1S/C16H19ClN2O5S3/c1-5-10-18-12(16(21)24-6-2)15(26-10)19-14(20)13-11(17)9(7-25-13)27(22,23)8(3)4/h7-8H,5-6H2,1-4H3,(H,19,20). The van der Waals surface area contributed by atoms with Crippen molar-refractivity contribution >= 4 is 61.0 Å². The van der Waals surface area contributed by atoms with Crippen molar-refractivity contribution in [3.05, 3.63) is 26.0 Å². The Morgan fingerprint density at radius 2 is 2.00 bits per heavy atom. The minimum atomic E-state index is -3.61. The molecule has 7 nitrogen and oxygen atoms in total. The quantitative estimate of drug-likeness (QED) is 0.639. The Hall–Kier alpha value is -1.49. The molecule has 2 aromatic rings. The van der Waals surface area contributed by atoms with Crippen molar-refractivity contribution in [1.29, 1.82) is 0 Å². The second kappa shape index (κ2) is 8.68. The highest BCUT2D eigenvalue weighted by Crippen LogP contribution is 2.35. The van der Waals surface area contributed by atoms with Gasteiger partial charge in [-0.05, 0) is 27.2 Å². The second-order valence-electron chi connectivity index (χ2n) is 5.65. The molecule has 1 N–H and O–H groups in total. The van der Waals surface area contributed by atoms with Gasteiger partial charge in [0.2, 0.25) is 0 Å². The number of hydrogen-bond donors (Lipinski definition) is 1. The van der Waals surface area contributed by atoms with E-state index in [1.807, 2.05) is 6.92 Å². The number of nitrogens with one attached hydrogen (secondary N) is 1. The number of thiazole rings is 1. The van der Waals surface area contributed by atoms with Gasteiger partial charge in [-0.1, -0.05) is 18.5 Å². The molecular formula is C16H19ClN2O5S3. The van der Waals surface area contributed by atoms with Crippen LogP contribution in [0, 0.1) is 0 Å². The lowest BCUT2D eigenvalue weighted by atomic mass is 10.4. The maximum absolute atomic E-state index is 12.6. The highest BCUT2D eigenvalue weighted by molar-refractivity contribution is 7.92. The summed E-state index contributed by atoms with van der Waals surface area (Å²) < 4.78 is 29.6. The zero-order chi connectivity index (χ0) is 20.4. The fourth-order valence-electron chi connectivity index (χ4n) is 2.02. The minimum absolute atomic E-state index is 0.0229. The molecule has 2 rings (SSSR count). The van der Waals surface area contributed by atoms with Gasteiger partial charge >= 0.3 is 5.97 Å². The van der Waals surface area contributed by atoms with Gasteiger partial charge in [-0.2, -0.15) is 0 Å². The number of carbonyl (C=O) groups is 2. The van der Waals surface area contributed by atoms with E-state index in [0.717, 1.165) is 22.7 Å². The zero-order valence-electron chi connectivity index (χ0n) is 15.2. The fourth-order valence-corrected chi connectivity index (χ4v) is 5.89. The molecule has 0 unspecified atom stereocenters. The third kappa shape index (κ3) is 4.50. The molecule has 1 amide bonds. The third-order valence-corrected chi connectivity index (χ3v) is 8.54. The predicted octanol–water partition coefficient (Wildman–Crippen LogP) is 4.03. The number of esters is 1. The number of nitrogens with zero attached hydrogens (tertiary/aromatic N) is 1. The van der Waals surface area contributed by atoms with Gasteiger partial charge in [-0.3, -0.25) is 4.79 Å². The molecule has 0 bridgehead atoms. The molecule has 0 aliphatic rings. The van der Waals surface area contributed by atoms with Gasteiger partial charge in [0, 0.05) is 5.38 Å². The maximum Gasteiger partial charge on any atom is 0.360 e. The van der Waals surface area contributed by atoms with Crippen LogP contribution in [0.5, 0.6) is 0 Å². The summed E-state index contributed by atoms with van der Waals surface area (Å²) in [4.78, 5) is 28.9. The third-order valence-electron chi connectivity index (χ3n) is 3.50. The van der Waals surface area contributed by atoms with Crippen LogP contribution in [0.15, 0.2) is 10.3 Å². The molecule has 0 atom stereocenters. The van der Waals surface area contributed by atoms with Crippen molar-refractivity contribution in [2.75, 3.05) is 11.9 Å². The second-order valence-corrected chi connectivity index (χ2v) is 10.5. The Bertz CT molecular complexity index is 963. The molecular weight excluding hydrogens is 432 g/mol. The number of amides is 1. The molecule has 2 aromatic heterocycles. The van der Waals surface area contributed by atoms with E-state index in [1.165, 1.54) is 19.2 Å². The van der Waals surface area contributed by atoms with Crippen molar-refractivity contribution in [1.82, 2.24) is 4.98 Å². The number of aromatic nitrogens is 1. The Kier molecular flexibility index (Phi) is 7.01. The van der Waals surface area contributed by atoms with Crippen molar-refractivity contribution < 1.29 is 22.7 Å². The Morgan fingerprint density at radius 3 is 2.56 bits per heavy atom. The Balaban J connectivity index is 2.35. The van der Waals surface area contributed by atoms with Crippen LogP contribution in [0.3, 0.4) is 0 Å². The molecule has 0 saturated heterocycles. The average Bonchev–Trinajstić information content (AvgIpc) is 3.18. The molecule has 11 heteroatoms. The van der Waals surface area contributed by atoms with E-state index in [9.17, 15) is 18.0 Å². The molecule has 0 saturated carbocycles. The SMILES string of the molecule is CCOC(=O)c1nc(CC)sc1NC(=O)c1scc(S(=O)(=O)C(C)C)c1Cl. The van der Waals surface area contributed by atoms with Gasteiger partial charge in [-0.25, -0.2) is 18.2 Å². The topological polar surface area (TPSA) is 102 Å². The van der Waals surface area contributed by atoms with E-state index in [4.69, 9.17) is 16.3 Å². The van der Waals surface area contributed by atoms with E-state index in [2.05, 4.69) is 10.3 Å². The number of anilines is 1. The van der Waals surface area contributed by atoms with Crippen LogP contribution in [-0.4, -0.2) is 37.1 Å². The highest BCUT2D eigenvalue weighted by Gasteiger charge is 2.29. The average molecular weight is 451 g/mol. The first kappa shape index (κ1) is 21.8. The highest BCUT2D eigenvalue weighted by atomic mass is 35.5. The Labute approximate surface area is 170 Å². The van der Waals surface area contributed by atoms with Crippen molar-refractivity contribution in [2.45, 2.75) is 44.3 Å². The van der Waals surface area contributed by atoms with Gasteiger partial charge in [-0.15, -0.1) is 22.7 Å². The molecule has 0 spiro atoms. The number of hydrogen-bond acceptors (Lipinski definition) is 8. The monoisotopic (exact) mass is 450 g/mol. The first-order chi connectivity index (χ1) is 12.6. The predicted molar refractivity (Wildman–Crippen MR) is 107 cm³/mol. The lowest BCUT2D eigenvalue weighted by Crippen LogP contribution is -2.16.